The van der Waals surface area contributed by atoms with E-state index < -0.39 is 0 Å². The van der Waals surface area contributed by atoms with E-state index in [9.17, 15) is 0 Å². The molecule has 0 unspecified atom stereocenters. The van der Waals surface area contributed by atoms with Gasteiger partial charge in [-0.05, 0) is 58.0 Å². The van der Waals surface area contributed by atoms with Crippen molar-refractivity contribution in [1.82, 2.24) is 4.90 Å². The van der Waals surface area contributed by atoms with Gasteiger partial charge in [0.15, 0.2) is 0 Å². The van der Waals surface area contributed by atoms with E-state index in [1.54, 1.807) is 0 Å². The molecule has 0 aliphatic rings. The molecule has 0 radical (unpaired) electrons. The van der Waals surface area contributed by atoms with Crippen LogP contribution in [-0.2, 0) is 6.42 Å². The van der Waals surface area contributed by atoms with Crippen molar-refractivity contribution in [1.29, 1.82) is 0 Å². The molecule has 1 aromatic carbocycles. The Morgan fingerprint density at radius 1 is 1.24 bits per heavy atom. The molecule has 96 valence electrons. The van der Waals surface area contributed by atoms with E-state index in [4.69, 9.17) is 17.3 Å². The maximum Gasteiger partial charge on any atom is 0.0406 e. The standard InChI is InChI=1S/C14H23ClN2/c1-14(2,9-10-16)17(3)11-8-12-4-6-13(15)7-5-12/h4-7H,8-11,16H2,1-3H3. The number of hydrogen-bond acceptors (Lipinski definition) is 2. The summed E-state index contributed by atoms with van der Waals surface area (Å²) in [5.74, 6) is 0. The molecule has 0 atom stereocenters. The van der Waals surface area contributed by atoms with E-state index in [0.717, 1.165) is 31.0 Å². The summed E-state index contributed by atoms with van der Waals surface area (Å²) in [4.78, 5) is 2.37. The van der Waals surface area contributed by atoms with Crippen molar-refractivity contribution in [3.05, 3.63) is 34.9 Å². The van der Waals surface area contributed by atoms with Crippen LogP contribution in [0.1, 0.15) is 25.8 Å². The fourth-order valence-corrected chi connectivity index (χ4v) is 1.92. The maximum absolute atomic E-state index is 5.86. The zero-order valence-electron chi connectivity index (χ0n) is 11.0. The lowest BCUT2D eigenvalue weighted by atomic mass is 9.98. The monoisotopic (exact) mass is 254 g/mol. The Bertz CT molecular complexity index is 333. The summed E-state index contributed by atoms with van der Waals surface area (Å²) in [5.41, 5.74) is 7.13. The predicted molar refractivity (Wildman–Crippen MR) is 75.5 cm³/mol. The summed E-state index contributed by atoms with van der Waals surface area (Å²) in [7, 11) is 2.16. The number of hydrogen-bond donors (Lipinski definition) is 1. The Kier molecular flexibility index (Phi) is 5.44. The van der Waals surface area contributed by atoms with Crippen LogP contribution in [0.4, 0.5) is 0 Å². The van der Waals surface area contributed by atoms with Crippen molar-refractivity contribution in [3.63, 3.8) is 0 Å². The van der Waals surface area contributed by atoms with Crippen LogP contribution >= 0.6 is 11.6 Å². The second-order valence-electron chi connectivity index (χ2n) is 5.15. The largest absolute Gasteiger partial charge is 0.330 e. The molecule has 0 spiro atoms. The van der Waals surface area contributed by atoms with Crippen LogP contribution in [0.25, 0.3) is 0 Å². The molecule has 3 heteroatoms. The van der Waals surface area contributed by atoms with Gasteiger partial charge in [0, 0.05) is 17.1 Å². The van der Waals surface area contributed by atoms with Gasteiger partial charge >= 0.3 is 0 Å². The van der Waals surface area contributed by atoms with Gasteiger partial charge in [-0.25, -0.2) is 0 Å². The first-order chi connectivity index (χ1) is 7.95. The SMILES string of the molecule is CN(CCc1ccc(Cl)cc1)C(C)(C)CCN. The van der Waals surface area contributed by atoms with Gasteiger partial charge in [-0.2, -0.15) is 0 Å². The Morgan fingerprint density at radius 2 is 1.82 bits per heavy atom. The molecule has 0 amide bonds. The van der Waals surface area contributed by atoms with Crippen LogP contribution in [0, 0.1) is 0 Å². The molecule has 2 nitrogen and oxygen atoms in total. The second-order valence-corrected chi connectivity index (χ2v) is 5.59. The summed E-state index contributed by atoms with van der Waals surface area (Å²) >= 11 is 5.86. The molecule has 2 N–H and O–H groups in total. The summed E-state index contributed by atoms with van der Waals surface area (Å²) in [6.07, 6.45) is 2.06. The Labute approximate surface area is 110 Å². The predicted octanol–water partition coefficient (Wildman–Crippen LogP) is 2.94. The summed E-state index contributed by atoms with van der Waals surface area (Å²) < 4.78 is 0. The normalized spacial score (nSPS) is 12.1. The molecule has 0 saturated heterocycles. The maximum atomic E-state index is 5.86. The van der Waals surface area contributed by atoms with E-state index in [2.05, 4.69) is 37.9 Å². The highest BCUT2D eigenvalue weighted by atomic mass is 35.5. The molecular formula is C14H23ClN2. The van der Waals surface area contributed by atoms with Crippen molar-refractivity contribution < 1.29 is 0 Å². The molecule has 0 bridgehead atoms. The molecule has 1 rings (SSSR count). The van der Waals surface area contributed by atoms with E-state index in [1.165, 1.54) is 5.56 Å². The van der Waals surface area contributed by atoms with Crippen molar-refractivity contribution in [2.75, 3.05) is 20.1 Å². The third-order valence-electron chi connectivity index (χ3n) is 3.44. The molecule has 0 saturated carbocycles. The number of halogens is 1. The lowest BCUT2D eigenvalue weighted by Crippen LogP contribution is -2.43. The Hall–Kier alpha value is -0.570. The van der Waals surface area contributed by atoms with Crippen LogP contribution in [0.3, 0.4) is 0 Å². The summed E-state index contributed by atoms with van der Waals surface area (Å²) in [6, 6.07) is 8.07. The van der Waals surface area contributed by atoms with Crippen LogP contribution in [0.5, 0.6) is 0 Å². The van der Waals surface area contributed by atoms with Gasteiger partial charge < -0.3 is 10.6 Å². The Balaban J connectivity index is 2.47. The van der Waals surface area contributed by atoms with Crippen molar-refractivity contribution in [2.45, 2.75) is 32.2 Å². The quantitative estimate of drug-likeness (QED) is 0.846. The van der Waals surface area contributed by atoms with E-state index >= 15 is 0 Å². The number of likely N-dealkylation sites (N-methyl/N-ethyl adjacent to an activating group) is 1. The molecule has 0 heterocycles. The fourth-order valence-electron chi connectivity index (χ4n) is 1.79. The van der Waals surface area contributed by atoms with Gasteiger partial charge in [0.2, 0.25) is 0 Å². The highest BCUT2D eigenvalue weighted by Crippen LogP contribution is 2.17. The minimum atomic E-state index is 0.168. The van der Waals surface area contributed by atoms with Crippen molar-refractivity contribution in [2.24, 2.45) is 5.73 Å². The van der Waals surface area contributed by atoms with Gasteiger partial charge in [-0.15, -0.1) is 0 Å². The highest BCUT2D eigenvalue weighted by molar-refractivity contribution is 6.30. The van der Waals surface area contributed by atoms with Gasteiger partial charge in [0.1, 0.15) is 0 Å². The average molecular weight is 255 g/mol. The number of nitrogens with two attached hydrogens (primary N) is 1. The van der Waals surface area contributed by atoms with Crippen molar-refractivity contribution >= 4 is 11.6 Å². The lowest BCUT2D eigenvalue weighted by molar-refractivity contribution is 0.150. The lowest BCUT2D eigenvalue weighted by Gasteiger charge is -2.35. The molecular weight excluding hydrogens is 232 g/mol. The van der Waals surface area contributed by atoms with Crippen LogP contribution in [-0.4, -0.2) is 30.6 Å². The van der Waals surface area contributed by atoms with Gasteiger partial charge in [0.05, 0.1) is 0 Å². The van der Waals surface area contributed by atoms with Crippen LogP contribution < -0.4 is 5.73 Å². The molecule has 0 fully saturated rings. The van der Waals surface area contributed by atoms with Gasteiger partial charge in [-0.3, -0.25) is 0 Å². The molecule has 17 heavy (non-hydrogen) atoms. The van der Waals surface area contributed by atoms with E-state index in [0.29, 0.717) is 0 Å². The topological polar surface area (TPSA) is 29.3 Å². The number of benzene rings is 1. The van der Waals surface area contributed by atoms with Crippen LogP contribution in [0.15, 0.2) is 24.3 Å². The molecule has 0 aromatic heterocycles. The zero-order valence-corrected chi connectivity index (χ0v) is 11.8. The Morgan fingerprint density at radius 3 is 2.35 bits per heavy atom. The molecule has 0 aliphatic carbocycles. The molecule has 0 aliphatic heterocycles. The minimum Gasteiger partial charge on any atom is -0.330 e. The van der Waals surface area contributed by atoms with Gasteiger partial charge in [0.25, 0.3) is 0 Å². The fraction of sp³-hybridized carbons (Fsp3) is 0.571. The first-order valence-electron chi connectivity index (χ1n) is 6.11. The van der Waals surface area contributed by atoms with E-state index in [-0.39, 0.29) is 5.54 Å². The smallest absolute Gasteiger partial charge is 0.0406 e. The highest BCUT2D eigenvalue weighted by Gasteiger charge is 2.21. The number of rotatable bonds is 6. The van der Waals surface area contributed by atoms with Crippen molar-refractivity contribution in [3.8, 4) is 0 Å². The number of nitrogens with zero attached hydrogens (tertiary/aromatic N) is 1. The van der Waals surface area contributed by atoms with Crippen LogP contribution in [0.2, 0.25) is 5.02 Å². The average Bonchev–Trinajstić information content (AvgIpc) is 2.27. The minimum absolute atomic E-state index is 0.168. The molecule has 1 aromatic rings. The summed E-state index contributed by atoms with van der Waals surface area (Å²) in [6.45, 7) is 6.25. The zero-order chi connectivity index (χ0) is 12.9. The third-order valence-corrected chi connectivity index (χ3v) is 3.69. The third kappa shape index (κ3) is 4.66. The second kappa shape index (κ2) is 6.39. The first kappa shape index (κ1) is 14.5. The van der Waals surface area contributed by atoms with Gasteiger partial charge in [-0.1, -0.05) is 23.7 Å². The van der Waals surface area contributed by atoms with E-state index in [1.807, 2.05) is 12.1 Å². The first-order valence-corrected chi connectivity index (χ1v) is 6.49. The summed E-state index contributed by atoms with van der Waals surface area (Å²) in [5, 5.41) is 0.797.